The Kier molecular flexibility index (Phi) is 4.07. The van der Waals surface area contributed by atoms with Crippen LogP contribution in [0.2, 0.25) is 0 Å². The standard InChI is InChI=1S/C17H24N6/c1-6-22-14(5)15(13(4)21-22)7-8-18-16-9-11(2)19-17-10-12(3)20-23(16)17/h9-10,18H,6-8H2,1-5H3. The molecule has 3 heterocycles. The molecule has 3 aromatic heterocycles. The average molecular weight is 312 g/mol. The summed E-state index contributed by atoms with van der Waals surface area (Å²) in [5.74, 6) is 0.985. The van der Waals surface area contributed by atoms with E-state index in [1.165, 1.54) is 11.3 Å². The number of rotatable bonds is 5. The first kappa shape index (κ1) is 15.5. The zero-order chi connectivity index (χ0) is 16.6. The first-order chi connectivity index (χ1) is 11.0. The summed E-state index contributed by atoms with van der Waals surface area (Å²) in [6.45, 7) is 12.1. The van der Waals surface area contributed by atoms with Crippen LogP contribution in [0.1, 0.15) is 35.3 Å². The van der Waals surface area contributed by atoms with Gasteiger partial charge in [0, 0.05) is 36.6 Å². The van der Waals surface area contributed by atoms with Gasteiger partial charge in [0.1, 0.15) is 5.82 Å². The predicted molar refractivity (Wildman–Crippen MR) is 92.0 cm³/mol. The Labute approximate surface area is 136 Å². The molecule has 0 amide bonds. The fraction of sp³-hybridized carbons (Fsp3) is 0.471. The largest absolute Gasteiger partial charge is 0.370 e. The topological polar surface area (TPSA) is 60.0 Å². The molecular formula is C17H24N6. The summed E-state index contributed by atoms with van der Waals surface area (Å²) in [6, 6.07) is 4.03. The number of anilines is 1. The number of fused-ring (bicyclic) bond motifs is 1. The number of hydrogen-bond donors (Lipinski definition) is 1. The highest BCUT2D eigenvalue weighted by molar-refractivity contribution is 5.50. The van der Waals surface area contributed by atoms with E-state index >= 15 is 0 Å². The van der Waals surface area contributed by atoms with Gasteiger partial charge in [-0.1, -0.05) is 0 Å². The second-order valence-electron chi connectivity index (χ2n) is 5.98. The van der Waals surface area contributed by atoms with Crippen LogP contribution in [-0.4, -0.2) is 30.9 Å². The van der Waals surface area contributed by atoms with Crippen LogP contribution in [0.5, 0.6) is 0 Å². The van der Waals surface area contributed by atoms with Gasteiger partial charge in [-0.2, -0.15) is 14.7 Å². The van der Waals surface area contributed by atoms with Crippen molar-refractivity contribution in [2.45, 2.75) is 47.6 Å². The number of aryl methyl sites for hydroxylation is 4. The van der Waals surface area contributed by atoms with E-state index in [9.17, 15) is 0 Å². The maximum absolute atomic E-state index is 4.58. The van der Waals surface area contributed by atoms with E-state index in [4.69, 9.17) is 0 Å². The van der Waals surface area contributed by atoms with Gasteiger partial charge in [0.2, 0.25) is 0 Å². The zero-order valence-corrected chi connectivity index (χ0v) is 14.5. The Hall–Kier alpha value is -2.37. The third-order valence-corrected chi connectivity index (χ3v) is 4.19. The number of hydrogen-bond acceptors (Lipinski definition) is 4. The number of nitrogens with zero attached hydrogens (tertiary/aromatic N) is 5. The predicted octanol–water partition coefficient (Wildman–Crippen LogP) is 2.83. The summed E-state index contributed by atoms with van der Waals surface area (Å²) >= 11 is 0. The molecule has 0 radical (unpaired) electrons. The van der Waals surface area contributed by atoms with Crippen LogP contribution in [0.15, 0.2) is 12.1 Å². The monoisotopic (exact) mass is 312 g/mol. The fourth-order valence-corrected chi connectivity index (χ4v) is 3.06. The summed E-state index contributed by atoms with van der Waals surface area (Å²) in [7, 11) is 0. The molecule has 0 spiro atoms. The first-order valence-electron chi connectivity index (χ1n) is 8.10. The second kappa shape index (κ2) is 6.02. The fourth-order valence-electron chi connectivity index (χ4n) is 3.06. The molecular weight excluding hydrogens is 288 g/mol. The number of nitrogens with one attached hydrogen (secondary N) is 1. The van der Waals surface area contributed by atoms with E-state index in [-0.39, 0.29) is 0 Å². The van der Waals surface area contributed by atoms with Gasteiger partial charge in [-0.15, -0.1) is 0 Å². The Morgan fingerprint density at radius 1 is 1.04 bits per heavy atom. The molecule has 3 rings (SSSR count). The molecule has 0 aliphatic carbocycles. The van der Waals surface area contributed by atoms with Crippen LogP contribution in [0, 0.1) is 27.7 Å². The molecule has 0 aromatic carbocycles. The molecule has 0 saturated carbocycles. The van der Waals surface area contributed by atoms with Crippen molar-refractivity contribution in [2.24, 2.45) is 0 Å². The maximum Gasteiger partial charge on any atom is 0.157 e. The van der Waals surface area contributed by atoms with Crippen molar-refractivity contribution in [2.75, 3.05) is 11.9 Å². The van der Waals surface area contributed by atoms with E-state index in [0.717, 1.165) is 48.1 Å². The second-order valence-corrected chi connectivity index (χ2v) is 5.98. The quantitative estimate of drug-likeness (QED) is 0.787. The van der Waals surface area contributed by atoms with Gasteiger partial charge in [-0.05, 0) is 46.6 Å². The lowest BCUT2D eigenvalue weighted by Gasteiger charge is -2.09. The van der Waals surface area contributed by atoms with Crippen LogP contribution in [0.4, 0.5) is 5.82 Å². The molecule has 1 N–H and O–H groups in total. The third kappa shape index (κ3) is 2.93. The Morgan fingerprint density at radius 2 is 1.83 bits per heavy atom. The highest BCUT2D eigenvalue weighted by Crippen LogP contribution is 2.16. The van der Waals surface area contributed by atoms with Crippen molar-refractivity contribution < 1.29 is 0 Å². The molecule has 3 aromatic rings. The molecule has 6 heteroatoms. The van der Waals surface area contributed by atoms with E-state index in [1.807, 2.05) is 30.5 Å². The van der Waals surface area contributed by atoms with Crippen LogP contribution >= 0.6 is 0 Å². The lowest BCUT2D eigenvalue weighted by Crippen LogP contribution is -2.11. The van der Waals surface area contributed by atoms with Gasteiger partial charge in [-0.3, -0.25) is 4.68 Å². The first-order valence-corrected chi connectivity index (χ1v) is 8.10. The molecule has 122 valence electrons. The van der Waals surface area contributed by atoms with E-state index < -0.39 is 0 Å². The van der Waals surface area contributed by atoms with Crippen molar-refractivity contribution in [3.63, 3.8) is 0 Å². The molecule has 6 nitrogen and oxygen atoms in total. The summed E-state index contributed by atoms with van der Waals surface area (Å²) in [4.78, 5) is 4.51. The molecule has 23 heavy (non-hydrogen) atoms. The highest BCUT2D eigenvalue weighted by atomic mass is 15.3. The summed E-state index contributed by atoms with van der Waals surface area (Å²) in [5.41, 5.74) is 6.57. The van der Waals surface area contributed by atoms with Gasteiger partial charge < -0.3 is 5.32 Å². The molecule has 0 saturated heterocycles. The van der Waals surface area contributed by atoms with E-state index in [1.54, 1.807) is 0 Å². The molecule has 0 unspecified atom stereocenters. The SMILES string of the molecule is CCn1nc(C)c(CCNc2cc(C)nc3cc(C)nn23)c1C. The minimum absolute atomic E-state index is 0.842. The number of aromatic nitrogens is 5. The Bertz CT molecular complexity index is 843. The van der Waals surface area contributed by atoms with Crippen LogP contribution in [0.25, 0.3) is 5.65 Å². The van der Waals surface area contributed by atoms with Gasteiger partial charge in [0.15, 0.2) is 5.65 Å². The molecule has 0 aliphatic rings. The highest BCUT2D eigenvalue weighted by Gasteiger charge is 2.11. The van der Waals surface area contributed by atoms with Crippen molar-refractivity contribution in [3.05, 3.63) is 40.5 Å². The van der Waals surface area contributed by atoms with Crippen LogP contribution in [-0.2, 0) is 13.0 Å². The van der Waals surface area contributed by atoms with Crippen LogP contribution < -0.4 is 5.32 Å². The molecule has 0 fully saturated rings. The van der Waals surface area contributed by atoms with Gasteiger partial charge in [0.05, 0.1) is 11.4 Å². The Balaban J connectivity index is 1.78. The summed E-state index contributed by atoms with van der Waals surface area (Å²) in [5, 5.41) is 12.6. The molecule has 0 atom stereocenters. The van der Waals surface area contributed by atoms with Crippen molar-refractivity contribution in [3.8, 4) is 0 Å². The lowest BCUT2D eigenvalue weighted by molar-refractivity contribution is 0.633. The molecule has 0 bridgehead atoms. The smallest absolute Gasteiger partial charge is 0.157 e. The summed E-state index contributed by atoms with van der Waals surface area (Å²) < 4.78 is 3.94. The van der Waals surface area contributed by atoms with Crippen molar-refractivity contribution >= 4 is 11.5 Å². The normalized spacial score (nSPS) is 11.3. The lowest BCUT2D eigenvalue weighted by atomic mass is 10.1. The van der Waals surface area contributed by atoms with Crippen LogP contribution in [0.3, 0.4) is 0 Å². The van der Waals surface area contributed by atoms with E-state index in [2.05, 4.69) is 46.0 Å². The third-order valence-electron chi connectivity index (χ3n) is 4.19. The average Bonchev–Trinajstić information content (AvgIpc) is 2.99. The zero-order valence-electron chi connectivity index (χ0n) is 14.5. The minimum Gasteiger partial charge on any atom is -0.370 e. The van der Waals surface area contributed by atoms with E-state index in [0.29, 0.717) is 0 Å². The van der Waals surface area contributed by atoms with Gasteiger partial charge in [0.25, 0.3) is 0 Å². The summed E-state index contributed by atoms with van der Waals surface area (Å²) in [6.07, 6.45) is 0.945. The van der Waals surface area contributed by atoms with Gasteiger partial charge in [-0.25, -0.2) is 4.98 Å². The Morgan fingerprint density at radius 3 is 2.52 bits per heavy atom. The van der Waals surface area contributed by atoms with Crippen molar-refractivity contribution in [1.29, 1.82) is 0 Å². The van der Waals surface area contributed by atoms with Crippen molar-refractivity contribution in [1.82, 2.24) is 24.4 Å². The minimum atomic E-state index is 0.842. The molecule has 0 aliphatic heterocycles. The maximum atomic E-state index is 4.58. The van der Waals surface area contributed by atoms with Gasteiger partial charge >= 0.3 is 0 Å².